The minimum atomic E-state index is -0.434. The molecule has 0 fully saturated rings. The van der Waals surface area contributed by atoms with Gasteiger partial charge in [0.05, 0.1) is 12.7 Å². The van der Waals surface area contributed by atoms with Crippen LogP contribution in [0.3, 0.4) is 0 Å². The van der Waals surface area contributed by atoms with E-state index in [1.807, 2.05) is 0 Å². The van der Waals surface area contributed by atoms with Crippen molar-refractivity contribution in [3.8, 4) is 11.5 Å². The van der Waals surface area contributed by atoms with Crippen molar-refractivity contribution < 1.29 is 19.0 Å². The zero-order valence-corrected chi connectivity index (χ0v) is 11.1. The van der Waals surface area contributed by atoms with Crippen molar-refractivity contribution in [1.82, 2.24) is 0 Å². The molecule has 0 aliphatic rings. The normalized spacial score (nSPS) is 10.2. The standard InChI is InChI=1S/C15H14FNO3/c1-17(11-5-3-4-10(16)8-11)15(19)13-7-6-12(20-2)9-14(13)18/h3-9,18H,1-2H3. The molecular formula is C15H14FNO3. The number of aromatic hydroxyl groups is 1. The quantitative estimate of drug-likeness (QED) is 0.937. The van der Waals surface area contributed by atoms with Gasteiger partial charge in [0.2, 0.25) is 0 Å². The van der Waals surface area contributed by atoms with Gasteiger partial charge in [0.1, 0.15) is 17.3 Å². The second-order valence-electron chi connectivity index (χ2n) is 4.23. The molecule has 0 saturated heterocycles. The molecule has 0 radical (unpaired) electrons. The molecule has 0 heterocycles. The third kappa shape index (κ3) is 2.71. The summed E-state index contributed by atoms with van der Waals surface area (Å²) in [6.45, 7) is 0. The molecule has 1 N–H and O–H groups in total. The molecule has 0 aliphatic heterocycles. The number of rotatable bonds is 3. The number of hydrogen-bond donors (Lipinski definition) is 1. The summed E-state index contributed by atoms with van der Waals surface area (Å²) in [5.41, 5.74) is 0.530. The number of methoxy groups -OCH3 is 1. The second-order valence-corrected chi connectivity index (χ2v) is 4.23. The molecule has 0 atom stereocenters. The molecule has 104 valence electrons. The van der Waals surface area contributed by atoms with E-state index in [9.17, 15) is 14.3 Å². The number of halogens is 1. The van der Waals surface area contributed by atoms with Crippen LogP contribution in [-0.2, 0) is 0 Å². The van der Waals surface area contributed by atoms with E-state index in [4.69, 9.17) is 4.74 Å². The van der Waals surface area contributed by atoms with Crippen molar-refractivity contribution in [3.05, 3.63) is 53.8 Å². The summed E-state index contributed by atoms with van der Waals surface area (Å²) in [4.78, 5) is 13.5. The topological polar surface area (TPSA) is 49.8 Å². The molecular weight excluding hydrogens is 261 g/mol. The molecule has 4 nitrogen and oxygen atoms in total. The van der Waals surface area contributed by atoms with Crippen LogP contribution in [0.25, 0.3) is 0 Å². The van der Waals surface area contributed by atoms with Crippen LogP contribution in [0.15, 0.2) is 42.5 Å². The van der Waals surface area contributed by atoms with Crippen molar-refractivity contribution in [3.63, 3.8) is 0 Å². The lowest BCUT2D eigenvalue weighted by Crippen LogP contribution is -2.26. The molecule has 0 saturated carbocycles. The summed E-state index contributed by atoms with van der Waals surface area (Å²) in [6, 6.07) is 10.1. The molecule has 0 bridgehead atoms. The first-order chi connectivity index (χ1) is 9.52. The molecule has 0 unspecified atom stereocenters. The Morgan fingerprint density at radius 2 is 2.00 bits per heavy atom. The van der Waals surface area contributed by atoms with E-state index >= 15 is 0 Å². The van der Waals surface area contributed by atoms with E-state index in [-0.39, 0.29) is 11.3 Å². The van der Waals surface area contributed by atoms with Crippen LogP contribution in [-0.4, -0.2) is 25.2 Å². The van der Waals surface area contributed by atoms with E-state index in [1.165, 1.54) is 49.4 Å². The molecule has 0 aliphatic carbocycles. The van der Waals surface area contributed by atoms with E-state index in [1.54, 1.807) is 12.1 Å². The predicted molar refractivity (Wildman–Crippen MR) is 73.8 cm³/mol. The van der Waals surface area contributed by atoms with E-state index < -0.39 is 11.7 Å². The molecule has 0 spiro atoms. The average molecular weight is 275 g/mol. The highest BCUT2D eigenvalue weighted by Gasteiger charge is 2.17. The Labute approximate surface area is 116 Å². The van der Waals surface area contributed by atoms with Crippen LogP contribution in [0.2, 0.25) is 0 Å². The number of carbonyl (C=O) groups excluding carboxylic acids is 1. The van der Waals surface area contributed by atoms with Crippen molar-refractivity contribution in [2.75, 3.05) is 19.1 Å². The maximum absolute atomic E-state index is 13.2. The maximum atomic E-state index is 13.2. The smallest absolute Gasteiger partial charge is 0.261 e. The largest absolute Gasteiger partial charge is 0.507 e. The first-order valence-corrected chi connectivity index (χ1v) is 5.93. The van der Waals surface area contributed by atoms with Gasteiger partial charge in [-0.15, -0.1) is 0 Å². The average Bonchev–Trinajstić information content (AvgIpc) is 2.45. The Kier molecular flexibility index (Phi) is 3.89. The van der Waals surface area contributed by atoms with Crippen LogP contribution >= 0.6 is 0 Å². The summed E-state index contributed by atoms with van der Waals surface area (Å²) >= 11 is 0. The number of benzene rings is 2. The summed E-state index contributed by atoms with van der Waals surface area (Å²) in [7, 11) is 2.98. The SMILES string of the molecule is COc1ccc(C(=O)N(C)c2cccc(F)c2)c(O)c1. The van der Waals surface area contributed by atoms with Gasteiger partial charge in [-0.3, -0.25) is 4.79 Å². The van der Waals surface area contributed by atoms with Crippen molar-refractivity contribution >= 4 is 11.6 Å². The fourth-order valence-corrected chi connectivity index (χ4v) is 1.80. The Bertz CT molecular complexity index is 643. The van der Waals surface area contributed by atoms with Gasteiger partial charge in [0.15, 0.2) is 0 Å². The first-order valence-electron chi connectivity index (χ1n) is 5.93. The fourth-order valence-electron chi connectivity index (χ4n) is 1.80. The van der Waals surface area contributed by atoms with Gasteiger partial charge >= 0.3 is 0 Å². The van der Waals surface area contributed by atoms with Gasteiger partial charge in [-0.05, 0) is 30.3 Å². The molecule has 1 amide bonds. The van der Waals surface area contributed by atoms with Crippen LogP contribution in [0.1, 0.15) is 10.4 Å². The zero-order chi connectivity index (χ0) is 14.7. The fraction of sp³-hybridized carbons (Fsp3) is 0.133. The number of hydrogen-bond acceptors (Lipinski definition) is 3. The zero-order valence-electron chi connectivity index (χ0n) is 11.1. The minimum absolute atomic E-state index is 0.123. The number of carbonyl (C=O) groups is 1. The number of amides is 1. The van der Waals surface area contributed by atoms with Gasteiger partial charge in [-0.1, -0.05) is 6.07 Å². The number of nitrogens with zero attached hydrogens (tertiary/aromatic N) is 1. The van der Waals surface area contributed by atoms with E-state index in [0.717, 1.165) is 0 Å². The molecule has 20 heavy (non-hydrogen) atoms. The van der Waals surface area contributed by atoms with Crippen LogP contribution in [0.5, 0.6) is 11.5 Å². The van der Waals surface area contributed by atoms with Crippen LogP contribution in [0.4, 0.5) is 10.1 Å². The third-order valence-electron chi connectivity index (χ3n) is 2.94. The molecule has 2 aromatic rings. The minimum Gasteiger partial charge on any atom is -0.507 e. The first kappa shape index (κ1) is 13.9. The monoisotopic (exact) mass is 275 g/mol. The van der Waals surface area contributed by atoms with Gasteiger partial charge in [-0.2, -0.15) is 0 Å². The lowest BCUT2D eigenvalue weighted by molar-refractivity contribution is 0.0990. The van der Waals surface area contributed by atoms with Crippen molar-refractivity contribution in [2.45, 2.75) is 0 Å². The summed E-state index contributed by atoms with van der Waals surface area (Å²) in [5, 5.41) is 9.84. The lowest BCUT2D eigenvalue weighted by Gasteiger charge is -2.18. The van der Waals surface area contributed by atoms with Crippen molar-refractivity contribution in [2.24, 2.45) is 0 Å². The van der Waals surface area contributed by atoms with E-state index in [2.05, 4.69) is 0 Å². The summed E-state index contributed by atoms with van der Waals surface area (Å²) in [5.74, 6) is -0.595. The molecule has 5 heteroatoms. The number of anilines is 1. The predicted octanol–water partition coefficient (Wildman–Crippen LogP) is 2.82. The number of phenols is 1. The van der Waals surface area contributed by atoms with Gasteiger partial charge in [0.25, 0.3) is 5.91 Å². The number of ether oxygens (including phenoxy) is 1. The summed E-state index contributed by atoms with van der Waals surface area (Å²) in [6.07, 6.45) is 0. The van der Waals surface area contributed by atoms with Gasteiger partial charge in [0, 0.05) is 18.8 Å². The number of phenolic OH excluding ortho intramolecular Hbond substituents is 1. The summed E-state index contributed by atoms with van der Waals surface area (Å²) < 4.78 is 18.1. The van der Waals surface area contributed by atoms with Gasteiger partial charge in [-0.25, -0.2) is 4.39 Å². The third-order valence-corrected chi connectivity index (χ3v) is 2.94. The van der Waals surface area contributed by atoms with Crippen LogP contribution < -0.4 is 9.64 Å². The highest BCUT2D eigenvalue weighted by atomic mass is 19.1. The van der Waals surface area contributed by atoms with E-state index in [0.29, 0.717) is 11.4 Å². The molecule has 2 aromatic carbocycles. The molecule has 2 rings (SSSR count). The van der Waals surface area contributed by atoms with Gasteiger partial charge < -0.3 is 14.7 Å². The van der Waals surface area contributed by atoms with Crippen molar-refractivity contribution in [1.29, 1.82) is 0 Å². The Morgan fingerprint density at radius 1 is 1.25 bits per heavy atom. The highest BCUT2D eigenvalue weighted by molar-refractivity contribution is 6.07. The molecule has 0 aromatic heterocycles. The Hall–Kier alpha value is -2.56. The Balaban J connectivity index is 2.31. The lowest BCUT2D eigenvalue weighted by atomic mass is 10.1. The maximum Gasteiger partial charge on any atom is 0.261 e. The van der Waals surface area contributed by atoms with Crippen LogP contribution in [0, 0.1) is 5.82 Å². The second kappa shape index (κ2) is 5.61. The highest BCUT2D eigenvalue weighted by Crippen LogP contribution is 2.26. The Morgan fingerprint density at radius 3 is 2.60 bits per heavy atom.